The first kappa shape index (κ1) is 9.14. The number of halogens is 1. The van der Waals surface area contributed by atoms with E-state index < -0.39 is 5.97 Å². The number of aryl methyl sites for hydroxylation is 1. The summed E-state index contributed by atoms with van der Waals surface area (Å²) in [5.41, 5.74) is 1.52. The Morgan fingerprint density at radius 1 is 1.64 bits per heavy atom. The summed E-state index contributed by atoms with van der Waals surface area (Å²) < 4.78 is 2.33. The van der Waals surface area contributed by atoms with Crippen LogP contribution in [0, 0.1) is 6.92 Å². The molecule has 0 spiro atoms. The summed E-state index contributed by atoms with van der Waals surface area (Å²) in [6.07, 6.45) is 1.39. The zero-order valence-corrected chi connectivity index (χ0v) is 8.82. The van der Waals surface area contributed by atoms with Gasteiger partial charge in [-0.05, 0) is 28.9 Å². The SMILES string of the molecule is Cc1nn2cnc(C(=O)O)cc2c1Br. The Morgan fingerprint density at radius 2 is 2.36 bits per heavy atom. The third-order valence-electron chi connectivity index (χ3n) is 1.85. The fourth-order valence-electron chi connectivity index (χ4n) is 1.16. The molecule has 0 aromatic carbocycles. The molecule has 2 aromatic heterocycles. The van der Waals surface area contributed by atoms with Crippen LogP contribution < -0.4 is 0 Å². The number of aromatic nitrogens is 3. The summed E-state index contributed by atoms with van der Waals surface area (Å²) in [4.78, 5) is 14.4. The predicted molar refractivity (Wildman–Crippen MR) is 52.4 cm³/mol. The predicted octanol–water partition coefficient (Wildman–Crippen LogP) is 1.50. The second-order valence-corrected chi connectivity index (χ2v) is 3.60. The lowest BCUT2D eigenvalue weighted by Gasteiger charge is -1.94. The number of nitrogens with zero attached hydrogens (tertiary/aromatic N) is 3. The number of carboxylic acids is 1. The van der Waals surface area contributed by atoms with Crippen molar-refractivity contribution in [2.24, 2.45) is 0 Å². The van der Waals surface area contributed by atoms with E-state index >= 15 is 0 Å². The van der Waals surface area contributed by atoms with Gasteiger partial charge in [-0.2, -0.15) is 5.10 Å². The van der Waals surface area contributed by atoms with Gasteiger partial charge in [0, 0.05) is 0 Å². The molecule has 0 atom stereocenters. The summed E-state index contributed by atoms with van der Waals surface area (Å²) in [5, 5.41) is 12.9. The van der Waals surface area contributed by atoms with Crippen molar-refractivity contribution in [1.82, 2.24) is 14.6 Å². The second-order valence-electron chi connectivity index (χ2n) is 2.81. The quantitative estimate of drug-likeness (QED) is 0.839. The smallest absolute Gasteiger partial charge is 0.354 e. The Kier molecular flexibility index (Phi) is 1.99. The molecule has 0 saturated heterocycles. The van der Waals surface area contributed by atoms with Crippen LogP contribution in [0.25, 0.3) is 5.52 Å². The summed E-state index contributed by atoms with van der Waals surface area (Å²) in [5.74, 6) is -1.04. The van der Waals surface area contributed by atoms with Gasteiger partial charge >= 0.3 is 5.97 Å². The van der Waals surface area contributed by atoms with Gasteiger partial charge in [0.05, 0.1) is 15.7 Å². The maximum Gasteiger partial charge on any atom is 0.354 e. The molecule has 2 rings (SSSR count). The molecule has 0 fully saturated rings. The molecule has 1 N–H and O–H groups in total. The van der Waals surface area contributed by atoms with Gasteiger partial charge in [0.2, 0.25) is 0 Å². The summed E-state index contributed by atoms with van der Waals surface area (Å²) >= 11 is 3.33. The number of hydrogen-bond donors (Lipinski definition) is 1. The average Bonchev–Trinajstić information content (AvgIpc) is 2.43. The zero-order valence-electron chi connectivity index (χ0n) is 7.23. The highest BCUT2D eigenvalue weighted by Gasteiger charge is 2.10. The fourth-order valence-corrected chi connectivity index (χ4v) is 1.54. The number of rotatable bonds is 1. The first-order chi connectivity index (χ1) is 6.59. The zero-order chi connectivity index (χ0) is 10.3. The van der Waals surface area contributed by atoms with Gasteiger partial charge in [-0.15, -0.1) is 0 Å². The summed E-state index contributed by atoms with van der Waals surface area (Å²) in [6, 6.07) is 1.48. The highest BCUT2D eigenvalue weighted by molar-refractivity contribution is 9.10. The second kappa shape index (κ2) is 3.06. The number of hydrogen-bond acceptors (Lipinski definition) is 3. The van der Waals surface area contributed by atoms with Gasteiger partial charge in [-0.3, -0.25) is 0 Å². The number of fused-ring (bicyclic) bond motifs is 1. The first-order valence-corrected chi connectivity index (χ1v) is 4.62. The minimum Gasteiger partial charge on any atom is -0.477 e. The van der Waals surface area contributed by atoms with Crippen LogP contribution in [0.4, 0.5) is 0 Å². The van der Waals surface area contributed by atoms with Crippen molar-refractivity contribution in [1.29, 1.82) is 0 Å². The molecule has 0 aliphatic carbocycles. The van der Waals surface area contributed by atoms with E-state index in [0.717, 1.165) is 10.2 Å². The number of carbonyl (C=O) groups is 1. The Labute approximate surface area is 87.5 Å². The average molecular weight is 256 g/mol. The van der Waals surface area contributed by atoms with Crippen LogP contribution in [0.3, 0.4) is 0 Å². The van der Waals surface area contributed by atoms with E-state index in [1.54, 1.807) is 0 Å². The molecule has 0 radical (unpaired) electrons. The normalized spacial score (nSPS) is 10.7. The third-order valence-corrected chi connectivity index (χ3v) is 2.83. The van der Waals surface area contributed by atoms with Gasteiger partial charge in [-0.1, -0.05) is 0 Å². The Hall–Kier alpha value is -1.43. The van der Waals surface area contributed by atoms with E-state index in [0.29, 0.717) is 5.52 Å². The maximum atomic E-state index is 10.7. The van der Waals surface area contributed by atoms with Gasteiger partial charge in [0.15, 0.2) is 5.69 Å². The van der Waals surface area contributed by atoms with Crippen LogP contribution in [0.1, 0.15) is 16.2 Å². The van der Waals surface area contributed by atoms with Crippen molar-refractivity contribution in [2.75, 3.05) is 0 Å². The molecule has 0 bridgehead atoms. The Balaban J connectivity index is 2.76. The molecule has 0 aliphatic heterocycles. The van der Waals surface area contributed by atoms with Crippen LogP contribution in [0.5, 0.6) is 0 Å². The largest absolute Gasteiger partial charge is 0.477 e. The molecule has 0 aliphatic rings. The fraction of sp³-hybridized carbons (Fsp3) is 0.125. The summed E-state index contributed by atoms with van der Waals surface area (Å²) in [6.45, 7) is 1.83. The molecule has 6 heteroatoms. The lowest BCUT2D eigenvalue weighted by Crippen LogP contribution is -2.01. The third kappa shape index (κ3) is 1.27. The van der Waals surface area contributed by atoms with Gasteiger partial charge in [0.1, 0.15) is 6.33 Å². The van der Waals surface area contributed by atoms with E-state index in [1.165, 1.54) is 16.9 Å². The van der Waals surface area contributed by atoms with Crippen molar-refractivity contribution < 1.29 is 9.90 Å². The van der Waals surface area contributed by atoms with Crippen LogP contribution in [0.15, 0.2) is 16.9 Å². The molecule has 2 heterocycles. The molecule has 72 valence electrons. The highest BCUT2D eigenvalue weighted by atomic mass is 79.9. The highest BCUT2D eigenvalue weighted by Crippen LogP contribution is 2.21. The summed E-state index contributed by atoms with van der Waals surface area (Å²) in [7, 11) is 0. The molecule has 0 unspecified atom stereocenters. The minimum absolute atomic E-state index is 0.0121. The van der Waals surface area contributed by atoms with Gasteiger partial charge < -0.3 is 5.11 Å². The van der Waals surface area contributed by atoms with Crippen molar-refractivity contribution in [3.05, 3.63) is 28.3 Å². The molecular weight excluding hydrogens is 250 g/mol. The van der Waals surface area contributed by atoms with E-state index in [4.69, 9.17) is 5.11 Å². The number of aromatic carboxylic acids is 1. The van der Waals surface area contributed by atoms with Crippen molar-refractivity contribution in [2.45, 2.75) is 6.92 Å². The number of carboxylic acid groups (broad SMARTS) is 1. The van der Waals surface area contributed by atoms with E-state index in [-0.39, 0.29) is 5.69 Å². The van der Waals surface area contributed by atoms with Crippen LogP contribution in [0.2, 0.25) is 0 Å². The van der Waals surface area contributed by atoms with E-state index in [1.807, 2.05) is 6.92 Å². The van der Waals surface area contributed by atoms with Crippen LogP contribution >= 0.6 is 15.9 Å². The van der Waals surface area contributed by atoms with Crippen molar-refractivity contribution in [3.8, 4) is 0 Å². The lowest BCUT2D eigenvalue weighted by molar-refractivity contribution is 0.0690. The molecule has 0 saturated carbocycles. The van der Waals surface area contributed by atoms with Gasteiger partial charge in [-0.25, -0.2) is 14.3 Å². The topological polar surface area (TPSA) is 67.5 Å². The molecule has 5 nitrogen and oxygen atoms in total. The lowest BCUT2D eigenvalue weighted by atomic mass is 10.3. The molecule has 14 heavy (non-hydrogen) atoms. The van der Waals surface area contributed by atoms with E-state index in [9.17, 15) is 4.79 Å². The van der Waals surface area contributed by atoms with E-state index in [2.05, 4.69) is 26.0 Å². The standard InChI is InChI=1S/C8H6BrN3O2/c1-4-7(9)6-2-5(8(13)14)10-3-12(6)11-4/h2-3H,1H3,(H,13,14). The van der Waals surface area contributed by atoms with Crippen LogP contribution in [-0.4, -0.2) is 25.7 Å². The maximum absolute atomic E-state index is 10.7. The monoisotopic (exact) mass is 255 g/mol. The Morgan fingerprint density at radius 3 is 3.00 bits per heavy atom. The minimum atomic E-state index is -1.04. The van der Waals surface area contributed by atoms with Crippen molar-refractivity contribution in [3.63, 3.8) is 0 Å². The van der Waals surface area contributed by atoms with Crippen molar-refractivity contribution >= 4 is 27.4 Å². The molecule has 0 amide bonds. The van der Waals surface area contributed by atoms with Gasteiger partial charge in [0.25, 0.3) is 0 Å². The Bertz CT molecular complexity index is 521. The molecule has 2 aromatic rings. The molecular formula is C8H6BrN3O2. The van der Waals surface area contributed by atoms with Crippen LogP contribution in [-0.2, 0) is 0 Å². The first-order valence-electron chi connectivity index (χ1n) is 3.83.